The Bertz CT molecular complexity index is 1270. The number of nitrogens with zero attached hydrogens (tertiary/aromatic N) is 3. The van der Waals surface area contributed by atoms with Crippen molar-refractivity contribution in [2.75, 3.05) is 6.86 Å². The van der Waals surface area contributed by atoms with Gasteiger partial charge < -0.3 is 4.74 Å². The van der Waals surface area contributed by atoms with Crippen molar-refractivity contribution in [3.05, 3.63) is 82.8 Å². The van der Waals surface area contributed by atoms with Crippen molar-refractivity contribution in [2.24, 2.45) is 0 Å². The minimum atomic E-state index is -4.49. The summed E-state index contributed by atoms with van der Waals surface area (Å²) < 4.78 is 57.0. The van der Waals surface area contributed by atoms with Gasteiger partial charge >= 0.3 is 6.18 Å². The third-order valence-corrected chi connectivity index (χ3v) is 4.42. The van der Waals surface area contributed by atoms with Gasteiger partial charge in [0.2, 0.25) is 6.86 Å². The van der Waals surface area contributed by atoms with Crippen LogP contribution in [0.1, 0.15) is 5.56 Å². The first-order chi connectivity index (χ1) is 14.4. The first-order valence-electron chi connectivity index (χ1n) is 8.73. The lowest BCUT2D eigenvalue weighted by molar-refractivity contribution is -0.137. The van der Waals surface area contributed by atoms with Crippen LogP contribution >= 0.6 is 0 Å². The van der Waals surface area contributed by atoms with Crippen molar-refractivity contribution in [2.45, 2.75) is 6.18 Å². The molecule has 0 aliphatic rings. The molecular weight excluding hydrogens is 402 g/mol. The maximum absolute atomic E-state index is 12.9. The number of hydrogen-bond donors (Lipinski definition) is 0. The third kappa shape index (κ3) is 3.61. The molecule has 0 spiro atoms. The fourth-order valence-corrected chi connectivity index (χ4v) is 3.03. The Kier molecular flexibility index (Phi) is 4.94. The summed E-state index contributed by atoms with van der Waals surface area (Å²) in [6.45, 7) is -1.01. The van der Waals surface area contributed by atoms with E-state index < -0.39 is 24.2 Å². The summed E-state index contributed by atoms with van der Waals surface area (Å²) in [4.78, 5) is 17.2. The van der Waals surface area contributed by atoms with E-state index in [4.69, 9.17) is 4.74 Å². The summed E-state index contributed by atoms with van der Waals surface area (Å²) >= 11 is 0. The molecule has 0 bridgehead atoms. The van der Waals surface area contributed by atoms with Gasteiger partial charge in [-0.05, 0) is 48.5 Å². The van der Waals surface area contributed by atoms with Gasteiger partial charge in [-0.25, -0.2) is 4.39 Å². The average molecular weight is 415 g/mol. The van der Waals surface area contributed by atoms with Crippen molar-refractivity contribution in [1.29, 1.82) is 0 Å². The molecule has 0 aliphatic carbocycles. The van der Waals surface area contributed by atoms with E-state index in [9.17, 15) is 22.4 Å². The Labute approximate surface area is 167 Å². The molecule has 0 amide bonds. The van der Waals surface area contributed by atoms with Crippen LogP contribution in [0.25, 0.3) is 27.8 Å². The number of aromatic nitrogens is 3. The topological polar surface area (TPSA) is 57.0 Å². The first-order valence-corrected chi connectivity index (χ1v) is 8.73. The molecule has 4 rings (SSSR count). The zero-order chi connectivity index (χ0) is 21.3. The van der Waals surface area contributed by atoms with Crippen LogP contribution in [0.5, 0.6) is 5.75 Å². The lowest BCUT2D eigenvalue weighted by atomic mass is 10.1. The van der Waals surface area contributed by atoms with Crippen molar-refractivity contribution in [3.63, 3.8) is 0 Å². The molecule has 0 aliphatic heterocycles. The predicted molar refractivity (Wildman–Crippen MR) is 102 cm³/mol. The second kappa shape index (κ2) is 7.58. The molecule has 2 aromatic heterocycles. The predicted octanol–water partition coefficient (Wildman–Crippen LogP) is 4.77. The number of halogens is 4. The van der Waals surface area contributed by atoms with Gasteiger partial charge in [0.1, 0.15) is 17.0 Å². The van der Waals surface area contributed by atoms with E-state index in [-0.39, 0.29) is 16.8 Å². The Balaban J connectivity index is 1.93. The van der Waals surface area contributed by atoms with E-state index >= 15 is 0 Å². The van der Waals surface area contributed by atoms with Gasteiger partial charge in [-0.2, -0.15) is 23.0 Å². The number of fused-ring (bicyclic) bond motifs is 1. The Morgan fingerprint density at radius 2 is 1.77 bits per heavy atom. The van der Waals surface area contributed by atoms with Crippen LogP contribution in [0.15, 0.2) is 71.7 Å². The van der Waals surface area contributed by atoms with Crippen LogP contribution in [0.3, 0.4) is 0 Å². The Morgan fingerprint density at radius 3 is 2.47 bits per heavy atom. The van der Waals surface area contributed by atoms with Gasteiger partial charge in [-0.15, -0.1) is 0 Å². The van der Waals surface area contributed by atoms with Crippen molar-refractivity contribution < 1.29 is 22.3 Å². The van der Waals surface area contributed by atoms with Gasteiger partial charge in [0, 0.05) is 11.8 Å². The van der Waals surface area contributed by atoms with E-state index in [0.717, 1.165) is 16.8 Å². The van der Waals surface area contributed by atoms with Crippen molar-refractivity contribution in [1.82, 2.24) is 14.8 Å². The van der Waals surface area contributed by atoms with E-state index in [1.807, 2.05) is 0 Å². The Morgan fingerprint density at radius 1 is 1.00 bits per heavy atom. The average Bonchev–Trinajstić information content (AvgIpc) is 2.74. The summed E-state index contributed by atoms with van der Waals surface area (Å²) in [7, 11) is 0. The molecule has 5 nitrogen and oxygen atoms in total. The molecule has 2 heterocycles. The van der Waals surface area contributed by atoms with Crippen LogP contribution in [0.2, 0.25) is 0 Å². The van der Waals surface area contributed by atoms with Crippen LogP contribution in [-0.2, 0) is 6.18 Å². The molecule has 0 N–H and O–H groups in total. The number of benzene rings is 2. The highest BCUT2D eigenvalue weighted by Crippen LogP contribution is 2.30. The minimum absolute atomic E-state index is 0.163. The molecule has 152 valence electrons. The van der Waals surface area contributed by atoms with Crippen molar-refractivity contribution in [3.8, 4) is 22.7 Å². The highest BCUT2D eigenvalue weighted by atomic mass is 19.4. The molecule has 0 saturated heterocycles. The van der Waals surface area contributed by atoms with Gasteiger partial charge in [0.05, 0.1) is 16.6 Å². The standard InChI is InChI=1S/C21H13F4N3O2/c22-12-30-16-4-1-3-13(11-16)18-19-17(5-2-10-26-19)20(29)28(27-18)15-8-6-14(7-9-15)21(23,24)25/h1-11H,12H2. The SMILES string of the molecule is O=c1c2cccnc2c(-c2cccc(OCF)c2)nn1-c1ccc(C(F)(F)F)cc1. The van der Waals surface area contributed by atoms with Crippen molar-refractivity contribution >= 4 is 10.9 Å². The summed E-state index contributed by atoms with van der Waals surface area (Å²) in [6.07, 6.45) is -3.00. The van der Waals surface area contributed by atoms with Gasteiger partial charge in [-0.1, -0.05) is 12.1 Å². The number of alkyl halides is 4. The van der Waals surface area contributed by atoms with Gasteiger partial charge in [0.25, 0.3) is 5.56 Å². The fraction of sp³-hybridized carbons (Fsp3) is 0.0952. The minimum Gasteiger partial charge on any atom is -0.463 e. The molecule has 0 atom stereocenters. The third-order valence-electron chi connectivity index (χ3n) is 4.42. The first kappa shape index (κ1) is 19.6. The normalized spacial score (nSPS) is 11.6. The van der Waals surface area contributed by atoms with E-state index in [2.05, 4.69) is 10.1 Å². The van der Waals surface area contributed by atoms with Gasteiger partial charge in [0.15, 0.2) is 0 Å². The number of ether oxygens (including phenoxy) is 1. The number of hydrogen-bond acceptors (Lipinski definition) is 4. The number of rotatable bonds is 4. The molecule has 0 radical (unpaired) electrons. The summed E-state index contributed by atoms with van der Waals surface area (Å²) in [5.74, 6) is 0.258. The second-order valence-corrected chi connectivity index (χ2v) is 6.29. The van der Waals surface area contributed by atoms with E-state index in [0.29, 0.717) is 16.8 Å². The van der Waals surface area contributed by atoms with Gasteiger partial charge in [-0.3, -0.25) is 9.78 Å². The molecule has 4 aromatic rings. The molecule has 9 heteroatoms. The maximum atomic E-state index is 12.9. The van der Waals surface area contributed by atoms with E-state index in [1.165, 1.54) is 24.4 Å². The summed E-state index contributed by atoms with van der Waals surface area (Å²) in [6, 6.07) is 13.7. The van der Waals surface area contributed by atoms with E-state index in [1.54, 1.807) is 30.3 Å². The largest absolute Gasteiger partial charge is 0.463 e. The molecule has 0 fully saturated rings. The summed E-state index contributed by atoms with van der Waals surface area (Å²) in [5, 5.41) is 4.58. The van der Waals surface area contributed by atoms with Crippen LogP contribution < -0.4 is 10.3 Å². The molecular formula is C21H13F4N3O2. The van der Waals surface area contributed by atoms with Crippen LogP contribution in [0.4, 0.5) is 17.6 Å². The number of pyridine rings is 1. The lowest BCUT2D eigenvalue weighted by Gasteiger charge is -2.12. The molecule has 0 unspecified atom stereocenters. The monoisotopic (exact) mass is 415 g/mol. The van der Waals surface area contributed by atoms with Crippen LogP contribution in [0, 0.1) is 0 Å². The fourth-order valence-electron chi connectivity index (χ4n) is 3.03. The maximum Gasteiger partial charge on any atom is 0.416 e. The lowest BCUT2D eigenvalue weighted by Crippen LogP contribution is -2.22. The summed E-state index contributed by atoms with van der Waals surface area (Å²) in [5.41, 5.74) is -0.0882. The zero-order valence-corrected chi connectivity index (χ0v) is 15.2. The molecule has 2 aromatic carbocycles. The highest BCUT2D eigenvalue weighted by Gasteiger charge is 2.30. The quantitative estimate of drug-likeness (QED) is 0.451. The Hall–Kier alpha value is -3.75. The zero-order valence-electron chi connectivity index (χ0n) is 15.2. The highest BCUT2D eigenvalue weighted by molar-refractivity contribution is 5.90. The molecule has 30 heavy (non-hydrogen) atoms. The van der Waals surface area contributed by atoms with Crippen LogP contribution in [-0.4, -0.2) is 21.6 Å². The smallest absolute Gasteiger partial charge is 0.416 e. The molecule has 0 saturated carbocycles. The second-order valence-electron chi connectivity index (χ2n) is 6.29.